The third kappa shape index (κ3) is 3.24. The lowest BCUT2D eigenvalue weighted by Crippen LogP contribution is -2.35. The van der Waals surface area contributed by atoms with Crippen LogP contribution < -0.4 is 0 Å². The summed E-state index contributed by atoms with van der Waals surface area (Å²) in [6.07, 6.45) is 2.28. The minimum Gasteiger partial charge on any atom is -0.248 e. The standard InChI is InChI=1S/C16H21Cl2N3/c1-12(2)21-15(19-11-20-21)8-16(9-17,10-18)14-7-5-4-6-13(14)3/h4-7,11-12H,8-10H2,1-3H3. The fraction of sp³-hybridized carbons (Fsp3) is 0.500. The van der Waals surface area contributed by atoms with Gasteiger partial charge in [0, 0.05) is 29.6 Å². The lowest BCUT2D eigenvalue weighted by molar-refractivity contribution is 0.453. The summed E-state index contributed by atoms with van der Waals surface area (Å²) in [5, 5.41) is 4.30. The second-order valence-corrected chi connectivity index (χ2v) is 6.29. The van der Waals surface area contributed by atoms with Crippen LogP contribution >= 0.6 is 23.2 Å². The molecule has 114 valence electrons. The van der Waals surface area contributed by atoms with Crippen molar-refractivity contribution in [1.82, 2.24) is 14.8 Å². The Hall–Kier alpha value is -1.06. The lowest BCUT2D eigenvalue weighted by Gasteiger charge is -2.31. The van der Waals surface area contributed by atoms with Crippen molar-refractivity contribution in [3.8, 4) is 0 Å². The molecular formula is C16H21Cl2N3. The van der Waals surface area contributed by atoms with Crippen molar-refractivity contribution in [2.45, 2.75) is 38.6 Å². The zero-order chi connectivity index (χ0) is 15.5. The molecule has 0 unspecified atom stereocenters. The molecule has 0 amide bonds. The number of hydrogen-bond acceptors (Lipinski definition) is 2. The number of halogens is 2. The molecule has 0 aliphatic carbocycles. The molecule has 0 saturated heterocycles. The number of rotatable bonds is 6. The molecule has 0 spiro atoms. The summed E-state index contributed by atoms with van der Waals surface area (Å²) in [7, 11) is 0. The molecule has 0 radical (unpaired) electrons. The predicted octanol–water partition coefficient (Wildman–Crippen LogP) is 4.13. The van der Waals surface area contributed by atoms with E-state index in [9.17, 15) is 0 Å². The number of hydrogen-bond donors (Lipinski definition) is 0. The van der Waals surface area contributed by atoms with Gasteiger partial charge < -0.3 is 0 Å². The second kappa shape index (κ2) is 6.80. The molecule has 0 atom stereocenters. The summed E-state index contributed by atoms with van der Waals surface area (Å²) >= 11 is 12.7. The third-order valence-corrected chi connectivity index (χ3v) is 4.88. The third-order valence-electron chi connectivity index (χ3n) is 3.86. The first-order valence-electron chi connectivity index (χ1n) is 7.10. The molecule has 0 bridgehead atoms. The van der Waals surface area contributed by atoms with Gasteiger partial charge in [-0.05, 0) is 31.9 Å². The summed E-state index contributed by atoms with van der Waals surface area (Å²) in [6.45, 7) is 6.28. The highest BCUT2D eigenvalue weighted by atomic mass is 35.5. The Morgan fingerprint density at radius 2 is 1.86 bits per heavy atom. The maximum absolute atomic E-state index is 6.34. The van der Waals surface area contributed by atoms with Crippen LogP contribution in [0.25, 0.3) is 0 Å². The Morgan fingerprint density at radius 3 is 2.43 bits per heavy atom. The van der Waals surface area contributed by atoms with Gasteiger partial charge in [0.05, 0.1) is 0 Å². The molecule has 0 saturated carbocycles. The first kappa shape index (κ1) is 16.3. The van der Waals surface area contributed by atoms with E-state index in [2.05, 4.69) is 43.0 Å². The van der Waals surface area contributed by atoms with E-state index in [1.54, 1.807) is 6.33 Å². The molecule has 5 heteroatoms. The number of benzene rings is 1. The Kier molecular flexibility index (Phi) is 5.28. The molecule has 1 aromatic carbocycles. The van der Waals surface area contributed by atoms with Crippen LogP contribution in [0.2, 0.25) is 0 Å². The van der Waals surface area contributed by atoms with Crippen molar-refractivity contribution in [1.29, 1.82) is 0 Å². The SMILES string of the molecule is Cc1ccccc1C(CCl)(CCl)Cc1ncnn1C(C)C. The number of aromatic nitrogens is 3. The molecular weight excluding hydrogens is 305 g/mol. The highest BCUT2D eigenvalue weighted by molar-refractivity contribution is 6.22. The van der Waals surface area contributed by atoms with E-state index < -0.39 is 0 Å². The van der Waals surface area contributed by atoms with Gasteiger partial charge in [-0.1, -0.05) is 24.3 Å². The number of nitrogens with zero attached hydrogens (tertiary/aromatic N) is 3. The van der Waals surface area contributed by atoms with E-state index in [4.69, 9.17) is 23.2 Å². The van der Waals surface area contributed by atoms with Crippen molar-refractivity contribution in [2.75, 3.05) is 11.8 Å². The van der Waals surface area contributed by atoms with E-state index in [1.165, 1.54) is 11.1 Å². The average Bonchev–Trinajstić information content (AvgIpc) is 2.94. The van der Waals surface area contributed by atoms with Gasteiger partial charge in [0.15, 0.2) is 0 Å². The fourth-order valence-corrected chi connectivity index (χ4v) is 3.43. The van der Waals surface area contributed by atoms with E-state index in [0.717, 1.165) is 5.82 Å². The van der Waals surface area contributed by atoms with Crippen molar-refractivity contribution in [2.24, 2.45) is 0 Å². The van der Waals surface area contributed by atoms with Gasteiger partial charge in [-0.3, -0.25) is 0 Å². The molecule has 0 N–H and O–H groups in total. The van der Waals surface area contributed by atoms with Gasteiger partial charge in [-0.15, -0.1) is 23.2 Å². The second-order valence-electron chi connectivity index (χ2n) is 5.75. The van der Waals surface area contributed by atoms with Gasteiger partial charge in [-0.25, -0.2) is 9.67 Å². The highest BCUT2D eigenvalue weighted by Gasteiger charge is 2.34. The van der Waals surface area contributed by atoms with E-state index in [-0.39, 0.29) is 11.5 Å². The van der Waals surface area contributed by atoms with Gasteiger partial charge in [-0.2, -0.15) is 5.10 Å². The first-order chi connectivity index (χ1) is 10.0. The summed E-state index contributed by atoms with van der Waals surface area (Å²) in [4.78, 5) is 4.41. The topological polar surface area (TPSA) is 30.7 Å². The molecule has 0 fully saturated rings. The van der Waals surface area contributed by atoms with Crippen LogP contribution in [0, 0.1) is 6.92 Å². The summed E-state index contributed by atoms with van der Waals surface area (Å²) in [5.41, 5.74) is 2.07. The molecule has 2 aromatic rings. The van der Waals surface area contributed by atoms with Crippen LogP contribution in [0.3, 0.4) is 0 Å². The predicted molar refractivity (Wildman–Crippen MR) is 88.4 cm³/mol. The Balaban J connectivity index is 2.44. The zero-order valence-electron chi connectivity index (χ0n) is 12.7. The van der Waals surface area contributed by atoms with Crippen LogP contribution in [0.5, 0.6) is 0 Å². The van der Waals surface area contributed by atoms with Crippen LogP contribution in [0.1, 0.15) is 36.8 Å². The van der Waals surface area contributed by atoms with Gasteiger partial charge in [0.2, 0.25) is 0 Å². The van der Waals surface area contributed by atoms with Gasteiger partial charge >= 0.3 is 0 Å². The van der Waals surface area contributed by atoms with Gasteiger partial charge in [0.1, 0.15) is 12.2 Å². The highest BCUT2D eigenvalue weighted by Crippen LogP contribution is 2.33. The largest absolute Gasteiger partial charge is 0.248 e. The molecule has 2 rings (SSSR count). The summed E-state index contributed by atoms with van der Waals surface area (Å²) in [5.74, 6) is 1.83. The summed E-state index contributed by atoms with van der Waals surface area (Å²) in [6, 6.07) is 8.53. The number of aryl methyl sites for hydroxylation is 1. The maximum atomic E-state index is 6.34. The zero-order valence-corrected chi connectivity index (χ0v) is 14.2. The minimum atomic E-state index is -0.325. The van der Waals surface area contributed by atoms with E-state index in [0.29, 0.717) is 18.2 Å². The summed E-state index contributed by atoms with van der Waals surface area (Å²) < 4.78 is 1.94. The molecule has 0 aliphatic heterocycles. The van der Waals surface area contributed by atoms with Crippen molar-refractivity contribution in [3.05, 3.63) is 47.5 Å². The first-order valence-corrected chi connectivity index (χ1v) is 8.17. The fourth-order valence-electron chi connectivity index (χ4n) is 2.67. The quantitative estimate of drug-likeness (QED) is 0.748. The minimum absolute atomic E-state index is 0.266. The molecule has 1 heterocycles. The Labute approximate surface area is 136 Å². The van der Waals surface area contributed by atoms with E-state index in [1.807, 2.05) is 16.8 Å². The lowest BCUT2D eigenvalue weighted by atomic mass is 9.78. The van der Waals surface area contributed by atoms with Crippen LogP contribution in [-0.2, 0) is 11.8 Å². The average molecular weight is 326 g/mol. The maximum Gasteiger partial charge on any atom is 0.138 e. The van der Waals surface area contributed by atoms with Gasteiger partial charge in [0.25, 0.3) is 0 Å². The van der Waals surface area contributed by atoms with E-state index >= 15 is 0 Å². The van der Waals surface area contributed by atoms with Crippen molar-refractivity contribution < 1.29 is 0 Å². The van der Waals surface area contributed by atoms with Crippen LogP contribution in [0.15, 0.2) is 30.6 Å². The van der Waals surface area contributed by atoms with Crippen LogP contribution in [-0.4, -0.2) is 26.5 Å². The van der Waals surface area contributed by atoms with Crippen molar-refractivity contribution in [3.63, 3.8) is 0 Å². The molecule has 1 aromatic heterocycles. The Morgan fingerprint density at radius 1 is 1.19 bits per heavy atom. The van der Waals surface area contributed by atoms with Crippen molar-refractivity contribution >= 4 is 23.2 Å². The van der Waals surface area contributed by atoms with Crippen LogP contribution in [0.4, 0.5) is 0 Å². The molecule has 21 heavy (non-hydrogen) atoms. The number of alkyl halides is 2. The molecule has 0 aliphatic rings. The molecule has 3 nitrogen and oxygen atoms in total. The Bertz CT molecular complexity index is 589. The smallest absolute Gasteiger partial charge is 0.138 e. The normalized spacial score (nSPS) is 12.1. The monoisotopic (exact) mass is 325 g/mol.